The second kappa shape index (κ2) is 4.58. The molecule has 0 atom stereocenters. The fraction of sp³-hybridized carbons (Fsp3) is 0.0833. The number of rotatable bonds is 3. The van der Waals surface area contributed by atoms with Crippen LogP contribution in [0, 0.1) is 0 Å². The molecule has 1 N–H and O–H groups in total. The molecular formula is C12H9N3O2S. The fourth-order valence-electron chi connectivity index (χ4n) is 1.59. The summed E-state index contributed by atoms with van der Waals surface area (Å²) in [6.07, 6.45) is 0.492. The molecule has 2 heterocycles. The molecule has 3 rings (SSSR count). The van der Waals surface area contributed by atoms with Crippen molar-refractivity contribution in [2.75, 3.05) is 0 Å². The molecule has 0 aliphatic carbocycles. The van der Waals surface area contributed by atoms with E-state index < -0.39 is 0 Å². The summed E-state index contributed by atoms with van der Waals surface area (Å²) in [4.78, 5) is 8.38. The van der Waals surface area contributed by atoms with Gasteiger partial charge in [0.25, 0.3) is 0 Å². The summed E-state index contributed by atoms with van der Waals surface area (Å²) in [5.74, 6) is 1.22. The van der Waals surface area contributed by atoms with Gasteiger partial charge in [-0.15, -0.1) is 11.3 Å². The van der Waals surface area contributed by atoms with E-state index in [1.165, 1.54) is 11.3 Å². The molecule has 0 saturated heterocycles. The number of phenols is 1. The van der Waals surface area contributed by atoms with Crippen LogP contribution in [0.4, 0.5) is 0 Å². The van der Waals surface area contributed by atoms with Crippen LogP contribution in [0.15, 0.2) is 39.7 Å². The van der Waals surface area contributed by atoms with Crippen molar-refractivity contribution in [1.82, 2.24) is 15.1 Å². The Kier molecular flexibility index (Phi) is 2.77. The third kappa shape index (κ3) is 2.23. The Morgan fingerprint density at radius 2 is 2.28 bits per heavy atom. The highest BCUT2D eigenvalue weighted by Gasteiger charge is 2.10. The normalized spacial score (nSPS) is 10.7. The highest BCUT2D eigenvalue weighted by Crippen LogP contribution is 2.18. The first-order valence-electron chi connectivity index (χ1n) is 5.30. The molecule has 2 aromatic heterocycles. The maximum absolute atomic E-state index is 9.37. The molecule has 0 radical (unpaired) electrons. The summed E-state index contributed by atoms with van der Waals surface area (Å²) < 4.78 is 5.15. The van der Waals surface area contributed by atoms with Gasteiger partial charge in [0, 0.05) is 5.38 Å². The predicted octanol–water partition coefficient (Wildman–Crippen LogP) is 2.49. The van der Waals surface area contributed by atoms with Crippen molar-refractivity contribution in [1.29, 1.82) is 0 Å². The van der Waals surface area contributed by atoms with Gasteiger partial charge < -0.3 is 9.63 Å². The van der Waals surface area contributed by atoms with Crippen LogP contribution in [0.5, 0.6) is 5.75 Å². The van der Waals surface area contributed by atoms with E-state index in [-0.39, 0.29) is 5.75 Å². The van der Waals surface area contributed by atoms with Gasteiger partial charge in [0.05, 0.1) is 11.9 Å². The Balaban J connectivity index is 1.82. The number of hydrogen-bond acceptors (Lipinski definition) is 6. The largest absolute Gasteiger partial charge is 0.508 e. The topological polar surface area (TPSA) is 72.0 Å². The number of hydrogen-bond donors (Lipinski definition) is 1. The Morgan fingerprint density at radius 1 is 1.33 bits per heavy atom. The predicted molar refractivity (Wildman–Crippen MR) is 66.3 cm³/mol. The molecule has 0 unspecified atom stereocenters. The minimum absolute atomic E-state index is 0.228. The van der Waals surface area contributed by atoms with Crippen LogP contribution in [0.2, 0.25) is 0 Å². The number of aromatic hydroxyl groups is 1. The van der Waals surface area contributed by atoms with Crippen molar-refractivity contribution in [3.8, 4) is 17.3 Å². The lowest BCUT2D eigenvalue weighted by atomic mass is 10.1. The lowest BCUT2D eigenvalue weighted by Crippen LogP contribution is -1.88. The van der Waals surface area contributed by atoms with E-state index in [0.29, 0.717) is 23.8 Å². The summed E-state index contributed by atoms with van der Waals surface area (Å²) in [6, 6.07) is 6.97. The molecule has 0 aliphatic rings. The van der Waals surface area contributed by atoms with E-state index in [4.69, 9.17) is 4.52 Å². The summed E-state index contributed by atoms with van der Waals surface area (Å²) in [6.45, 7) is 0. The van der Waals surface area contributed by atoms with Gasteiger partial charge in [0.2, 0.25) is 11.7 Å². The molecule has 0 bridgehead atoms. The van der Waals surface area contributed by atoms with Crippen molar-refractivity contribution < 1.29 is 9.63 Å². The highest BCUT2D eigenvalue weighted by atomic mass is 32.1. The molecule has 0 aliphatic heterocycles. The Bertz CT molecular complexity index is 649. The number of nitrogens with zero attached hydrogens (tertiary/aromatic N) is 3. The second-order valence-corrected chi connectivity index (χ2v) is 4.45. The third-order valence-electron chi connectivity index (χ3n) is 2.40. The van der Waals surface area contributed by atoms with Crippen LogP contribution in [0.3, 0.4) is 0 Å². The molecule has 0 amide bonds. The van der Waals surface area contributed by atoms with Crippen LogP contribution in [-0.4, -0.2) is 20.2 Å². The Labute approximate surface area is 107 Å². The Hall–Kier alpha value is -2.21. The minimum atomic E-state index is 0.228. The minimum Gasteiger partial charge on any atom is -0.508 e. The lowest BCUT2D eigenvalue weighted by molar-refractivity contribution is 0.385. The molecule has 18 heavy (non-hydrogen) atoms. The first-order chi connectivity index (χ1) is 8.81. The number of benzene rings is 1. The monoisotopic (exact) mass is 259 g/mol. The number of thiazole rings is 1. The van der Waals surface area contributed by atoms with Gasteiger partial charge >= 0.3 is 0 Å². The quantitative estimate of drug-likeness (QED) is 0.782. The average Bonchev–Trinajstić information content (AvgIpc) is 2.98. The average molecular weight is 259 g/mol. The Morgan fingerprint density at radius 3 is 3.06 bits per heavy atom. The molecule has 0 saturated carbocycles. The number of aromatic nitrogens is 3. The zero-order chi connectivity index (χ0) is 12.4. The SMILES string of the molecule is Oc1cccc(Cc2nc(-c3cscn3)no2)c1. The molecule has 0 fully saturated rings. The van der Waals surface area contributed by atoms with Crippen molar-refractivity contribution in [2.24, 2.45) is 0 Å². The molecule has 3 aromatic rings. The van der Waals surface area contributed by atoms with Crippen molar-refractivity contribution >= 4 is 11.3 Å². The van der Waals surface area contributed by atoms with Gasteiger partial charge in [-0.2, -0.15) is 4.98 Å². The molecule has 5 nitrogen and oxygen atoms in total. The highest BCUT2D eigenvalue weighted by molar-refractivity contribution is 7.07. The van der Waals surface area contributed by atoms with Crippen LogP contribution in [0.1, 0.15) is 11.5 Å². The van der Waals surface area contributed by atoms with Crippen molar-refractivity contribution in [3.05, 3.63) is 46.6 Å². The van der Waals surface area contributed by atoms with Gasteiger partial charge in [0.1, 0.15) is 11.4 Å². The van der Waals surface area contributed by atoms with Gasteiger partial charge in [-0.05, 0) is 17.7 Å². The van der Waals surface area contributed by atoms with Crippen molar-refractivity contribution in [3.63, 3.8) is 0 Å². The summed E-state index contributed by atoms with van der Waals surface area (Å²) in [7, 11) is 0. The van der Waals surface area contributed by atoms with Gasteiger partial charge in [-0.1, -0.05) is 17.3 Å². The maximum Gasteiger partial charge on any atom is 0.231 e. The van der Waals surface area contributed by atoms with E-state index in [1.54, 1.807) is 23.7 Å². The van der Waals surface area contributed by atoms with Gasteiger partial charge in [-0.3, -0.25) is 0 Å². The smallest absolute Gasteiger partial charge is 0.231 e. The molecular weight excluding hydrogens is 250 g/mol. The van der Waals surface area contributed by atoms with E-state index in [2.05, 4.69) is 15.1 Å². The van der Waals surface area contributed by atoms with E-state index in [1.807, 2.05) is 11.4 Å². The summed E-state index contributed by atoms with van der Waals surface area (Å²) in [5, 5.41) is 15.1. The standard InChI is InChI=1S/C12H9N3O2S/c16-9-3-1-2-8(4-9)5-11-14-12(15-17-11)10-6-18-7-13-10/h1-4,6-7,16H,5H2. The van der Waals surface area contributed by atoms with E-state index >= 15 is 0 Å². The maximum atomic E-state index is 9.37. The molecule has 1 aromatic carbocycles. The van der Waals surface area contributed by atoms with Crippen LogP contribution < -0.4 is 0 Å². The lowest BCUT2D eigenvalue weighted by Gasteiger charge is -1.96. The zero-order valence-corrected chi connectivity index (χ0v) is 10.1. The zero-order valence-electron chi connectivity index (χ0n) is 9.28. The molecule has 0 spiro atoms. The van der Waals surface area contributed by atoms with Crippen LogP contribution in [-0.2, 0) is 6.42 Å². The first kappa shape index (κ1) is 10.9. The van der Waals surface area contributed by atoms with Crippen LogP contribution in [0.25, 0.3) is 11.5 Å². The first-order valence-corrected chi connectivity index (χ1v) is 6.24. The number of phenolic OH excluding ortho intramolecular Hbond substituents is 1. The van der Waals surface area contributed by atoms with Gasteiger partial charge in [0.15, 0.2) is 0 Å². The summed E-state index contributed by atoms with van der Waals surface area (Å²) >= 11 is 1.48. The molecule has 6 heteroatoms. The van der Waals surface area contributed by atoms with E-state index in [9.17, 15) is 5.11 Å². The summed E-state index contributed by atoms with van der Waals surface area (Å²) in [5.41, 5.74) is 3.36. The van der Waals surface area contributed by atoms with Gasteiger partial charge in [-0.25, -0.2) is 4.98 Å². The third-order valence-corrected chi connectivity index (χ3v) is 2.98. The second-order valence-electron chi connectivity index (χ2n) is 3.73. The van der Waals surface area contributed by atoms with Crippen LogP contribution >= 0.6 is 11.3 Å². The fourth-order valence-corrected chi connectivity index (χ4v) is 2.13. The molecule has 90 valence electrons. The van der Waals surface area contributed by atoms with Crippen molar-refractivity contribution in [2.45, 2.75) is 6.42 Å². The van der Waals surface area contributed by atoms with E-state index in [0.717, 1.165) is 5.56 Å².